The molecule has 0 aromatic carbocycles. The van der Waals surface area contributed by atoms with E-state index >= 15 is 0 Å². The lowest BCUT2D eigenvalue weighted by molar-refractivity contribution is 0.0797. The van der Waals surface area contributed by atoms with Crippen LogP contribution in [-0.4, -0.2) is 90.5 Å². The van der Waals surface area contributed by atoms with Crippen molar-refractivity contribution in [1.82, 2.24) is 14.7 Å². The van der Waals surface area contributed by atoms with E-state index in [-0.39, 0.29) is 5.60 Å². The van der Waals surface area contributed by atoms with E-state index in [2.05, 4.69) is 77.4 Å². The first kappa shape index (κ1) is 34.1. The van der Waals surface area contributed by atoms with Crippen LogP contribution in [0, 0.1) is 5.41 Å². The van der Waals surface area contributed by atoms with E-state index in [4.69, 9.17) is 4.43 Å². The zero-order valence-electron chi connectivity index (χ0n) is 25.2. The molecule has 4 nitrogen and oxygen atoms in total. The molecule has 0 aromatic rings. The fraction of sp³-hybridized carbons (Fsp3) is 1.00. The highest BCUT2D eigenvalue weighted by atomic mass is 28.2. The lowest BCUT2D eigenvalue weighted by atomic mass is 9.76. The molecule has 0 aliphatic rings. The maximum Gasteiger partial charge on any atom is 0.162 e. The van der Waals surface area contributed by atoms with Crippen LogP contribution < -0.4 is 0 Å². The quantitative estimate of drug-likeness (QED) is 0.142. The molecule has 0 fully saturated rings. The highest BCUT2D eigenvalue weighted by Gasteiger charge is 2.31. The maximum atomic E-state index is 6.69. The van der Waals surface area contributed by atoms with Crippen LogP contribution in [0.1, 0.15) is 112 Å². The summed E-state index contributed by atoms with van der Waals surface area (Å²) in [6.45, 7) is 21.2. The Balaban J connectivity index is 5.34. The van der Waals surface area contributed by atoms with Crippen LogP contribution in [0.2, 0.25) is 6.04 Å². The summed E-state index contributed by atoms with van der Waals surface area (Å²) in [5.41, 5.74) is 0.573. The van der Waals surface area contributed by atoms with Crippen LogP contribution in [0.5, 0.6) is 0 Å². The normalized spacial score (nSPS) is 13.4. The van der Waals surface area contributed by atoms with E-state index in [1.807, 2.05) is 0 Å². The van der Waals surface area contributed by atoms with Crippen molar-refractivity contribution in [2.24, 2.45) is 5.41 Å². The third-order valence-corrected chi connectivity index (χ3v) is 10.3. The van der Waals surface area contributed by atoms with Crippen LogP contribution >= 0.6 is 0 Å². The van der Waals surface area contributed by atoms with Crippen LogP contribution in [0.15, 0.2) is 0 Å². The minimum atomic E-state index is -0.531. The van der Waals surface area contributed by atoms with Crippen molar-refractivity contribution in [2.45, 2.75) is 124 Å². The Morgan fingerprint density at radius 2 is 0.941 bits per heavy atom. The Bertz CT molecular complexity index is 413. The Hall–Kier alpha value is 0.0569. The van der Waals surface area contributed by atoms with Gasteiger partial charge >= 0.3 is 0 Å². The van der Waals surface area contributed by atoms with E-state index in [9.17, 15) is 0 Å². The molecule has 0 spiro atoms. The fourth-order valence-electron chi connectivity index (χ4n) is 5.37. The zero-order chi connectivity index (χ0) is 25.9. The van der Waals surface area contributed by atoms with Crippen LogP contribution in [0.3, 0.4) is 0 Å². The molecule has 0 aliphatic carbocycles. The van der Waals surface area contributed by atoms with Crippen molar-refractivity contribution in [1.29, 1.82) is 0 Å². The van der Waals surface area contributed by atoms with Gasteiger partial charge in [0.15, 0.2) is 9.76 Å². The van der Waals surface area contributed by atoms with E-state index in [1.54, 1.807) is 0 Å². The summed E-state index contributed by atoms with van der Waals surface area (Å²) in [6, 6.07) is 1.36. The molecule has 0 unspecified atom stereocenters. The van der Waals surface area contributed by atoms with Gasteiger partial charge in [-0.25, -0.2) is 0 Å². The summed E-state index contributed by atoms with van der Waals surface area (Å²) < 4.78 is 6.69. The second-order valence-corrected chi connectivity index (χ2v) is 12.7. The van der Waals surface area contributed by atoms with Gasteiger partial charge in [-0.05, 0) is 149 Å². The molecule has 0 rings (SSSR count). The van der Waals surface area contributed by atoms with Gasteiger partial charge in [-0.1, -0.05) is 34.6 Å². The number of hydrogen-bond acceptors (Lipinski definition) is 4. The Kier molecular flexibility index (Phi) is 20.2. The third-order valence-electron chi connectivity index (χ3n) is 8.14. The van der Waals surface area contributed by atoms with Gasteiger partial charge in [0.1, 0.15) is 0 Å². The predicted molar refractivity (Wildman–Crippen MR) is 157 cm³/mol. The summed E-state index contributed by atoms with van der Waals surface area (Å²) >= 11 is 0. The molecule has 0 saturated carbocycles. The zero-order valence-corrected chi connectivity index (χ0v) is 26.6. The topological polar surface area (TPSA) is 19.0 Å². The first-order valence-electron chi connectivity index (χ1n) is 14.9. The maximum absolute atomic E-state index is 6.69. The molecule has 0 atom stereocenters. The van der Waals surface area contributed by atoms with E-state index < -0.39 is 9.76 Å². The largest absolute Gasteiger partial charge is 0.419 e. The van der Waals surface area contributed by atoms with Gasteiger partial charge < -0.3 is 19.1 Å². The van der Waals surface area contributed by atoms with Gasteiger partial charge in [-0.15, -0.1) is 0 Å². The van der Waals surface area contributed by atoms with Crippen molar-refractivity contribution in [3.8, 4) is 0 Å². The molecular weight excluding hydrogens is 434 g/mol. The molecular formula is C29H65N3OSi. The van der Waals surface area contributed by atoms with E-state index in [1.165, 1.54) is 103 Å². The lowest BCUT2D eigenvalue weighted by Crippen LogP contribution is -2.33. The average Bonchev–Trinajstić information content (AvgIpc) is 2.79. The molecule has 0 aliphatic heterocycles. The lowest BCUT2D eigenvalue weighted by Gasteiger charge is -2.37. The Morgan fingerprint density at radius 3 is 1.24 bits per heavy atom. The van der Waals surface area contributed by atoms with Gasteiger partial charge in [0.25, 0.3) is 0 Å². The second kappa shape index (κ2) is 20.2. The van der Waals surface area contributed by atoms with Crippen LogP contribution in [0.25, 0.3) is 0 Å². The SMILES string of the molecule is CCCN(C)CCCC(CCCN(C)CCC)(CCCN(C)CCC)C[SiH2]OC(C)(CC)CC. The van der Waals surface area contributed by atoms with Gasteiger partial charge in [0.2, 0.25) is 0 Å². The highest BCUT2D eigenvalue weighted by Crippen LogP contribution is 2.40. The third kappa shape index (κ3) is 15.9. The van der Waals surface area contributed by atoms with Crippen molar-refractivity contribution >= 4 is 9.76 Å². The first-order chi connectivity index (χ1) is 16.2. The second-order valence-electron chi connectivity index (χ2n) is 11.5. The fourth-order valence-corrected chi connectivity index (χ4v) is 7.56. The Labute approximate surface area is 218 Å². The highest BCUT2D eigenvalue weighted by molar-refractivity contribution is 6.27. The molecule has 0 aromatic heterocycles. The minimum absolute atomic E-state index is 0.0992. The van der Waals surface area contributed by atoms with Gasteiger partial charge in [-0.2, -0.15) is 0 Å². The summed E-state index contributed by atoms with van der Waals surface area (Å²) in [5, 5.41) is 0. The molecule has 0 N–H and O–H groups in total. The minimum Gasteiger partial charge on any atom is -0.419 e. The standard InChI is InChI=1S/C29H65N3OSi/c1-10-21-30(7)24-15-18-29(19-16-25-31(8)22-11-2,20-17-26-32(9)23-12-3)27-34-33-28(6,13-4)14-5/h10-27,34H2,1-9H3. The van der Waals surface area contributed by atoms with Gasteiger partial charge in [0, 0.05) is 0 Å². The summed E-state index contributed by atoms with van der Waals surface area (Å²) in [5.74, 6) is 0. The molecule has 5 heteroatoms. The summed E-state index contributed by atoms with van der Waals surface area (Å²) in [7, 11) is 6.38. The van der Waals surface area contributed by atoms with E-state index in [0.717, 1.165) is 12.8 Å². The van der Waals surface area contributed by atoms with Gasteiger partial charge in [-0.3, -0.25) is 0 Å². The molecule has 0 heterocycles. The van der Waals surface area contributed by atoms with Crippen molar-refractivity contribution in [2.75, 3.05) is 60.4 Å². The van der Waals surface area contributed by atoms with Crippen molar-refractivity contribution in [3.05, 3.63) is 0 Å². The summed E-state index contributed by atoms with van der Waals surface area (Å²) in [6.07, 6.45) is 14.2. The number of hydrogen-bond donors (Lipinski definition) is 0. The summed E-state index contributed by atoms with van der Waals surface area (Å²) in [4.78, 5) is 7.61. The predicted octanol–water partition coefficient (Wildman–Crippen LogP) is 6.44. The number of rotatable bonds is 24. The van der Waals surface area contributed by atoms with Gasteiger partial charge in [0.05, 0.1) is 5.60 Å². The number of nitrogens with zero attached hydrogens (tertiary/aromatic N) is 3. The van der Waals surface area contributed by atoms with Crippen molar-refractivity contribution in [3.63, 3.8) is 0 Å². The smallest absolute Gasteiger partial charge is 0.162 e. The Morgan fingerprint density at radius 1 is 0.588 bits per heavy atom. The molecule has 0 bridgehead atoms. The van der Waals surface area contributed by atoms with Crippen LogP contribution in [-0.2, 0) is 4.43 Å². The molecule has 0 radical (unpaired) electrons. The molecule has 0 saturated heterocycles. The molecule has 206 valence electrons. The monoisotopic (exact) mass is 499 g/mol. The average molecular weight is 500 g/mol. The van der Waals surface area contributed by atoms with Crippen molar-refractivity contribution < 1.29 is 4.43 Å². The molecule has 34 heavy (non-hydrogen) atoms. The van der Waals surface area contributed by atoms with E-state index in [0.29, 0.717) is 5.41 Å². The van der Waals surface area contributed by atoms with Crippen LogP contribution in [0.4, 0.5) is 0 Å². The first-order valence-corrected chi connectivity index (χ1v) is 16.5. The molecule has 0 amide bonds.